The fourth-order valence-electron chi connectivity index (χ4n) is 3.06. The number of piperazine rings is 1. The van der Waals surface area contributed by atoms with Gasteiger partial charge in [0.2, 0.25) is 5.89 Å². The van der Waals surface area contributed by atoms with Gasteiger partial charge in [-0.2, -0.15) is 0 Å². The lowest BCUT2D eigenvalue weighted by Crippen LogP contribution is -2.52. The van der Waals surface area contributed by atoms with Gasteiger partial charge in [-0.25, -0.2) is 4.98 Å². The Morgan fingerprint density at radius 2 is 1.88 bits per heavy atom. The van der Waals surface area contributed by atoms with E-state index in [1.54, 1.807) is 0 Å². The van der Waals surface area contributed by atoms with Crippen LogP contribution in [0, 0.1) is 13.8 Å². The van der Waals surface area contributed by atoms with Gasteiger partial charge in [-0.1, -0.05) is 30.3 Å². The lowest BCUT2D eigenvalue weighted by atomic mass is 10.2. The van der Waals surface area contributed by atoms with Gasteiger partial charge < -0.3 is 14.6 Å². The molecule has 0 saturated carbocycles. The molecule has 1 aliphatic rings. The van der Waals surface area contributed by atoms with E-state index in [4.69, 9.17) is 4.42 Å². The van der Waals surface area contributed by atoms with Crippen LogP contribution in [0.1, 0.15) is 22.9 Å². The van der Waals surface area contributed by atoms with E-state index in [-0.39, 0.29) is 0 Å². The molecule has 0 unspecified atom stereocenters. The van der Waals surface area contributed by atoms with Gasteiger partial charge in [-0.3, -0.25) is 9.89 Å². The predicted octanol–water partition coefficient (Wildman–Crippen LogP) is 2.18. The maximum atomic E-state index is 5.62. The quantitative estimate of drug-likeness (QED) is 0.682. The standard InChI is InChI=1S/C19H27N5O/c1-15-16(2)25-18(22-15)13-21-19(20-3)24-11-9-23(10-12-24)14-17-7-5-4-6-8-17/h4-8H,9-14H2,1-3H3,(H,20,21). The zero-order valence-corrected chi connectivity index (χ0v) is 15.3. The third-order valence-corrected chi connectivity index (χ3v) is 4.60. The number of guanidine groups is 1. The van der Waals surface area contributed by atoms with Crippen molar-refractivity contribution < 1.29 is 4.42 Å². The van der Waals surface area contributed by atoms with E-state index in [0.717, 1.165) is 50.1 Å². The highest BCUT2D eigenvalue weighted by Crippen LogP contribution is 2.10. The number of aromatic nitrogens is 1. The average Bonchev–Trinajstić information content (AvgIpc) is 2.95. The van der Waals surface area contributed by atoms with E-state index in [1.807, 2.05) is 20.9 Å². The summed E-state index contributed by atoms with van der Waals surface area (Å²) in [7, 11) is 1.82. The van der Waals surface area contributed by atoms with Gasteiger partial charge in [0.1, 0.15) is 5.76 Å². The number of nitrogens with one attached hydrogen (secondary N) is 1. The van der Waals surface area contributed by atoms with Crippen molar-refractivity contribution in [2.24, 2.45) is 4.99 Å². The van der Waals surface area contributed by atoms with Crippen LogP contribution < -0.4 is 5.32 Å². The van der Waals surface area contributed by atoms with Gasteiger partial charge in [0.25, 0.3) is 0 Å². The van der Waals surface area contributed by atoms with E-state index in [0.29, 0.717) is 12.4 Å². The number of rotatable bonds is 4. The molecule has 2 aromatic rings. The second-order valence-electron chi connectivity index (χ2n) is 6.40. The fraction of sp³-hybridized carbons (Fsp3) is 0.474. The fourth-order valence-corrected chi connectivity index (χ4v) is 3.06. The van der Waals surface area contributed by atoms with Crippen LogP contribution in [-0.4, -0.2) is 54.0 Å². The van der Waals surface area contributed by atoms with Crippen LogP contribution in [0.2, 0.25) is 0 Å². The molecule has 1 N–H and O–H groups in total. The Morgan fingerprint density at radius 1 is 1.16 bits per heavy atom. The Morgan fingerprint density at radius 3 is 2.48 bits per heavy atom. The van der Waals surface area contributed by atoms with Crippen molar-refractivity contribution in [2.45, 2.75) is 26.9 Å². The van der Waals surface area contributed by atoms with Crippen molar-refractivity contribution in [3.63, 3.8) is 0 Å². The molecule has 1 aromatic carbocycles. The van der Waals surface area contributed by atoms with Gasteiger partial charge in [0, 0.05) is 39.8 Å². The summed E-state index contributed by atoms with van der Waals surface area (Å²) >= 11 is 0. The topological polar surface area (TPSA) is 56.9 Å². The van der Waals surface area contributed by atoms with Crippen LogP contribution in [0.5, 0.6) is 0 Å². The van der Waals surface area contributed by atoms with E-state index in [9.17, 15) is 0 Å². The number of hydrogen-bond donors (Lipinski definition) is 1. The molecule has 0 aliphatic carbocycles. The van der Waals surface area contributed by atoms with Crippen molar-refractivity contribution in [1.82, 2.24) is 20.1 Å². The second-order valence-corrected chi connectivity index (χ2v) is 6.40. The van der Waals surface area contributed by atoms with Crippen molar-refractivity contribution in [3.8, 4) is 0 Å². The Balaban J connectivity index is 1.48. The normalized spacial score (nSPS) is 16.3. The van der Waals surface area contributed by atoms with Crippen molar-refractivity contribution in [2.75, 3.05) is 33.2 Å². The Bertz CT molecular complexity index is 682. The minimum atomic E-state index is 0.561. The Labute approximate surface area is 149 Å². The van der Waals surface area contributed by atoms with Gasteiger partial charge >= 0.3 is 0 Å². The lowest BCUT2D eigenvalue weighted by Gasteiger charge is -2.36. The van der Waals surface area contributed by atoms with Gasteiger partial charge in [0.05, 0.1) is 12.2 Å². The second kappa shape index (κ2) is 8.16. The number of aliphatic imine (C=N–C) groups is 1. The minimum absolute atomic E-state index is 0.561. The smallest absolute Gasteiger partial charge is 0.214 e. The molecule has 2 heterocycles. The van der Waals surface area contributed by atoms with Gasteiger partial charge in [-0.15, -0.1) is 0 Å². The van der Waals surface area contributed by atoms with Gasteiger partial charge in [-0.05, 0) is 19.4 Å². The van der Waals surface area contributed by atoms with Crippen LogP contribution in [0.4, 0.5) is 0 Å². The van der Waals surface area contributed by atoms with Crippen LogP contribution >= 0.6 is 0 Å². The minimum Gasteiger partial charge on any atom is -0.444 e. The Kier molecular flexibility index (Phi) is 5.71. The number of oxazole rings is 1. The summed E-state index contributed by atoms with van der Waals surface area (Å²) in [5.41, 5.74) is 2.31. The molecule has 1 saturated heterocycles. The van der Waals surface area contributed by atoms with E-state index in [2.05, 4.69) is 55.4 Å². The third-order valence-electron chi connectivity index (χ3n) is 4.60. The summed E-state index contributed by atoms with van der Waals surface area (Å²) in [6.07, 6.45) is 0. The largest absolute Gasteiger partial charge is 0.444 e. The maximum Gasteiger partial charge on any atom is 0.214 e. The molecule has 0 radical (unpaired) electrons. The molecule has 25 heavy (non-hydrogen) atoms. The number of nitrogens with zero attached hydrogens (tertiary/aromatic N) is 4. The summed E-state index contributed by atoms with van der Waals surface area (Å²) in [5.74, 6) is 2.49. The number of benzene rings is 1. The third kappa shape index (κ3) is 4.60. The molecule has 134 valence electrons. The average molecular weight is 341 g/mol. The highest BCUT2D eigenvalue weighted by Gasteiger charge is 2.20. The van der Waals surface area contributed by atoms with Crippen molar-refractivity contribution in [3.05, 3.63) is 53.2 Å². The molecular formula is C19H27N5O. The molecular weight excluding hydrogens is 314 g/mol. The summed E-state index contributed by atoms with van der Waals surface area (Å²) in [6.45, 7) is 9.48. The lowest BCUT2D eigenvalue weighted by molar-refractivity contribution is 0.172. The zero-order valence-electron chi connectivity index (χ0n) is 15.3. The van der Waals surface area contributed by atoms with E-state index < -0.39 is 0 Å². The summed E-state index contributed by atoms with van der Waals surface area (Å²) in [5, 5.41) is 3.36. The monoisotopic (exact) mass is 341 g/mol. The molecule has 1 aromatic heterocycles. The molecule has 1 aliphatic heterocycles. The number of aryl methyl sites for hydroxylation is 2. The zero-order chi connectivity index (χ0) is 17.6. The van der Waals surface area contributed by atoms with Crippen LogP contribution in [0.3, 0.4) is 0 Å². The van der Waals surface area contributed by atoms with E-state index >= 15 is 0 Å². The molecule has 0 atom stereocenters. The number of hydrogen-bond acceptors (Lipinski definition) is 4. The first-order valence-corrected chi connectivity index (χ1v) is 8.80. The van der Waals surface area contributed by atoms with Crippen molar-refractivity contribution in [1.29, 1.82) is 0 Å². The molecule has 6 nitrogen and oxygen atoms in total. The molecule has 0 spiro atoms. The molecule has 0 amide bonds. The summed E-state index contributed by atoms with van der Waals surface area (Å²) in [4.78, 5) is 13.6. The molecule has 1 fully saturated rings. The summed E-state index contributed by atoms with van der Waals surface area (Å²) in [6, 6.07) is 10.6. The predicted molar refractivity (Wildman–Crippen MR) is 99.5 cm³/mol. The highest BCUT2D eigenvalue weighted by molar-refractivity contribution is 5.79. The molecule has 3 rings (SSSR count). The van der Waals surface area contributed by atoms with Crippen LogP contribution in [-0.2, 0) is 13.1 Å². The summed E-state index contributed by atoms with van der Waals surface area (Å²) < 4.78 is 5.62. The highest BCUT2D eigenvalue weighted by atomic mass is 16.4. The SMILES string of the molecule is CN=C(NCc1nc(C)c(C)o1)N1CCN(Cc2ccccc2)CC1. The first-order chi connectivity index (χ1) is 12.2. The van der Waals surface area contributed by atoms with Gasteiger partial charge in [0.15, 0.2) is 5.96 Å². The van der Waals surface area contributed by atoms with Crippen molar-refractivity contribution >= 4 is 5.96 Å². The van der Waals surface area contributed by atoms with E-state index in [1.165, 1.54) is 5.56 Å². The Hall–Kier alpha value is -2.34. The van der Waals surface area contributed by atoms with Crippen LogP contribution in [0.25, 0.3) is 0 Å². The molecule has 6 heteroatoms. The first-order valence-electron chi connectivity index (χ1n) is 8.80. The molecule has 0 bridgehead atoms. The first kappa shape index (κ1) is 17.5. The maximum absolute atomic E-state index is 5.62. The van der Waals surface area contributed by atoms with Crippen LogP contribution in [0.15, 0.2) is 39.7 Å².